The molecule has 29 heavy (non-hydrogen) atoms. The summed E-state index contributed by atoms with van der Waals surface area (Å²) in [6.07, 6.45) is 2.35. The van der Waals surface area contributed by atoms with Gasteiger partial charge in [0.25, 0.3) is 0 Å². The fraction of sp³-hybridized carbons (Fsp3) is 0.0870. The smallest absolute Gasteiger partial charge is 0.329 e. The van der Waals surface area contributed by atoms with E-state index >= 15 is 0 Å². The minimum atomic E-state index is -0.850. The van der Waals surface area contributed by atoms with Gasteiger partial charge in [0, 0.05) is 5.69 Å². The first-order valence-electron chi connectivity index (χ1n) is 9.20. The van der Waals surface area contributed by atoms with Crippen molar-refractivity contribution in [3.8, 4) is 11.5 Å². The van der Waals surface area contributed by atoms with E-state index in [0.717, 1.165) is 17.7 Å². The molecule has 3 aromatic carbocycles. The van der Waals surface area contributed by atoms with Gasteiger partial charge in [-0.3, -0.25) is 9.59 Å². The average Bonchev–Trinajstić information content (AvgIpc) is 2.75. The van der Waals surface area contributed by atoms with Crippen LogP contribution in [0.1, 0.15) is 18.1 Å². The topological polar surface area (TPSA) is 79.8 Å². The predicted octanol–water partition coefficient (Wildman–Crippen LogP) is 4.13. The normalized spacial score (nSPS) is 10.5. The van der Waals surface area contributed by atoms with E-state index in [1.54, 1.807) is 18.2 Å². The lowest BCUT2D eigenvalue weighted by atomic mass is 10.1. The third-order valence-corrected chi connectivity index (χ3v) is 4.04. The molecule has 0 saturated carbocycles. The van der Waals surface area contributed by atoms with Crippen molar-refractivity contribution < 1.29 is 14.3 Å². The summed E-state index contributed by atoms with van der Waals surface area (Å²) in [5.74, 6) is -0.275. The number of hydrogen-bond donors (Lipinski definition) is 2. The zero-order chi connectivity index (χ0) is 20.5. The van der Waals surface area contributed by atoms with Crippen LogP contribution in [-0.2, 0) is 16.0 Å². The molecule has 3 aromatic rings. The molecule has 6 heteroatoms. The predicted molar refractivity (Wildman–Crippen MR) is 113 cm³/mol. The van der Waals surface area contributed by atoms with Crippen molar-refractivity contribution in [2.45, 2.75) is 13.3 Å². The second-order valence-corrected chi connectivity index (χ2v) is 6.19. The number of nitrogens with zero attached hydrogens (tertiary/aromatic N) is 1. The number of aryl methyl sites for hydroxylation is 1. The van der Waals surface area contributed by atoms with Crippen LogP contribution in [0.3, 0.4) is 0 Å². The minimum absolute atomic E-state index is 0.553. The van der Waals surface area contributed by atoms with Crippen LogP contribution < -0.4 is 15.5 Å². The van der Waals surface area contributed by atoms with E-state index in [-0.39, 0.29) is 0 Å². The molecule has 6 nitrogen and oxygen atoms in total. The molecule has 0 bridgehead atoms. The first-order chi connectivity index (χ1) is 14.1. The van der Waals surface area contributed by atoms with Crippen molar-refractivity contribution in [1.29, 1.82) is 0 Å². The largest absolute Gasteiger partial charge is 0.457 e. The number of hydrazone groups is 1. The molecule has 0 unspecified atom stereocenters. The molecule has 0 aliphatic rings. The van der Waals surface area contributed by atoms with Crippen molar-refractivity contribution in [3.63, 3.8) is 0 Å². The van der Waals surface area contributed by atoms with Gasteiger partial charge in [-0.15, -0.1) is 0 Å². The van der Waals surface area contributed by atoms with E-state index in [0.29, 0.717) is 17.0 Å². The molecule has 0 aromatic heterocycles. The number of para-hydroxylation sites is 1. The third-order valence-electron chi connectivity index (χ3n) is 4.04. The van der Waals surface area contributed by atoms with Gasteiger partial charge in [0.1, 0.15) is 11.5 Å². The molecule has 0 saturated heterocycles. The Balaban J connectivity index is 1.54. The molecular formula is C23H21N3O3. The Morgan fingerprint density at radius 3 is 2.34 bits per heavy atom. The summed E-state index contributed by atoms with van der Waals surface area (Å²) in [6, 6.07) is 23.9. The number of hydrogen-bond acceptors (Lipinski definition) is 4. The standard InChI is InChI=1S/C23H21N3O3/c1-2-17-11-13-19(14-12-17)25-22(27)23(28)26-24-16-18-7-6-10-21(15-18)29-20-8-4-3-5-9-20/h3-16H,2H2,1H3,(H,25,27)(H,26,28)/b24-16+. The zero-order valence-corrected chi connectivity index (χ0v) is 16.0. The van der Waals surface area contributed by atoms with Gasteiger partial charge in [-0.25, -0.2) is 5.43 Å². The third kappa shape index (κ3) is 6.04. The van der Waals surface area contributed by atoms with Crippen molar-refractivity contribution >= 4 is 23.7 Å². The van der Waals surface area contributed by atoms with Crippen molar-refractivity contribution in [1.82, 2.24) is 5.43 Å². The number of carbonyl (C=O) groups is 2. The van der Waals surface area contributed by atoms with Crippen LogP contribution in [0.5, 0.6) is 11.5 Å². The number of anilines is 1. The molecule has 0 heterocycles. The van der Waals surface area contributed by atoms with Gasteiger partial charge < -0.3 is 10.1 Å². The van der Waals surface area contributed by atoms with E-state index in [4.69, 9.17) is 4.74 Å². The quantitative estimate of drug-likeness (QED) is 0.379. The Morgan fingerprint density at radius 1 is 0.897 bits per heavy atom. The van der Waals surface area contributed by atoms with Gasteiger partial charge in [-0.2, -0.15) is 5.10 Å². The van der Waals surface area contributed by atoms with Gasteiger partial charge in [0.15, 0.2) is 0 Å². The second kappa shape index (κ2) is 9.85. The number of carbonyl (C=O) groups excluding carboxylic acids is 2. The molecule has 0 radical (unpaired) electrons. The average molecular weight is 387 g/mol. The summed E-state index contributed by atoms with van der Waals surface area (Å²) < 4.78 is 5.75. The van der Waals surface area contributed by atoms with Gasteiger partial charge >= 0.3 is 11.8 Å². The highest BCUT2D eigenvalue weighted by Crippen LogP contribution is 2.21. The lowest BCUT2D eigenvalue weighted by Crippen LogP contribution is -2.32. The van der Waals surface area contributed by atoms with E-state index in [1.807, 2.05) is 67.6 Å². The summed E-state index contributed by atoms with van der Waals surface area (Å²) in [4.78, 5) is 23.9. The highest BCUT2D eigenvalue weighted by molar-refractivity contribution is 6.39. The van der Waals surface area contributed by atoms with Gasteiger partial charge in [-0.1, -0.05) is 49.4 Å². The molecule has 2 N–H and O–H groups in total. The van der Waals surface area contributed by atoms with Crippen LogP contribution in [0.25, 0.3) is 0 Å². The second-order valence-electron chi connectivity index (χ2n) is 6.19. The van der Waals surface area contributed by atoms with Crippen LogP contribution in [-0.4, -0.2) is 18.0 Å². The number of nitrogens with one attached hydrogen (secondary N) is 2. The summed E-state index contributed by atoms with van der Waals surface area (Å²) in [7, 11) is 0. The summed E-state index contributed by atoms with van der Waals surface area (Å²) in [6.45, 7) is 2.04. The minimum Gasteiger partial charge on any atom is -0.457 e. The Bertz CT molecular complexity index is 999. The SMILES string of the molecule is CCc1ccc(NC(=O)C(=O)N/N=C/c2cccc(Oc3ccccc3)c2)cc1. The molecule has 3 rings (SSSR count). The highest BCUT2D eigenvalue weighted by Gasteiger charge is 2.12. The van der Waals surface area contributed by atoms with Crippen LogP contribution in [0.2, 0.25) is 0 Å². The molecule has 0 atom stereocenters. The Morgan fingerprint density at radius 2 is 1.62 bits per heavy atom. The summed E-state index contributed by atoms with van der Waals surface area (Å²) >= 11 is 0. The molecule has 0 fully saturated rings. The van der Waals surface area contributed by atoms with Gasteiger partial charge in [0.2, 0.25) is 0 Å². The van der Waals surface area contributed by atoms with Crippen LogP contribution >= 0.6 is 0 Å². The molecular weight excluding hydrogens is 366 g/mol. The zero-order valence-electron chi connectivity index (χ0n) is 16.0. The molecule has 0 aliphatic carbocycles. The summed E-state index contributed by atoms with van der Waals surface area (Å²) in [5.41, 5.74) is 4.64. The summed E-state index contributed by atoms with van der Waals surface area (Å²) in [5, 5.41) is 6.37. The molecule has 0 spiro atoms. The Hall–Kier alpha value is -3.93. The Labute approximate surface area is 169 Å². The van der Waals surface area contributed by atoms with E-state index in [9.17, 15) is 9.59 Å². The van der Waals surface area contributed by atoms with E-state index in [2.05, 4.69) is 15.8 Å². The fourth-order valence-corrected chi connectivity index (χ4v) is 2.51. The van der Waals surface area contributed by atoms with Crippen molar-refractivity contribution in [3.05, 3.63) is 90.0 Å². The number of ether oxygens (including phenoxy) is 1. The van der Waals surface area contributed by atoms with Crippen LogP contribution in [0.4, 0.5) is 5.69 Å². The molecule has 0 aliphatic heterocycles. The van der Waals surface area contributed by atoms with Crippen molar-refractivity contribution in [2.75, 3.05) is 5.32 Å². The first-order valence-corrected chi connectivity index (χ1v) is 9.20. The lowest BCUT2D eigenvalue weighted by molar-refractivity contribution is -0.136. The van der Waals surface area contributed by atoms with Crippen LogP contribution in [0, 0.1) is 0 Å². The van der Waals surface area contributed by atoms with Crippen molar-refractivity contribution in [2.24, 2.45) is 5.10 Å². The van der Waals surface area contributed by atoms with E-state index < -0.39 is 11.8 Å². The fourth-order valence-electron chi connectivity index (χ4n) is 2.51. The van der Waals surface area contributed by atoms with Crippen LogP contribution in [0.15, 0.2) is 84.0 Å². The maximum atomic E-state index is 11.9. The number of amides is 2. The number of benzene rings is 3. The first kappa shape index (κ1) is 19.8. The van der Waals surface area contributed by atoms with E-state index in [1.165, 1.54) is 6.21 Å². The van der Waals surface area contributed by atoms with Gasteiger partial charge in [-0.05, 0) is 53.9 Å². The number of rotatable bonds is 6. The molecule has 146 valence electrons. The van der Waals surface area contributed by atoms with Gasteiger partial charge in [0.05, 0.1) is 6.21 Å². The monoisotopic (exact) mass is 387 g/mol. The Kier molecular flexibility index (Phi) is 6.73. The molecule has 2 amide bonds. The lowest BCUT2D eigenvalue weighted by Gasteiger charge is -2.06. The maximum Gasteiger partial charge on any atom is 0.329 e. The highest BCUT2D eigenvalue weighted by atomic mass is 16.5. The maximum absolute atomic E-state index is 11.9.